The van der Waals surface area contributed by atoms with E-state index in [-0.39, 0.29) is 59.5 Å². The van der Waals surface area contributed by atoms with Crippen molar-refractivity contribution < 1.29 is 14.3 Å². The summed E-state index contributed by atoms with van der Waals surface area (Å²) in [5.41, 5.74) is 0. The maximum absolute atomic E-state index is 12.7. The van der Waals surface area contributed by atoms with Gasteiger partial charge < -0.3 is 15.4 Å². The van der Waals surface area contributed by atoms with Gasteiger partial charge in [0, 0.05) is 25.2 Å². The van der Waals surface area contributed by atoms with Crippen LogP contribution in [0.1, 0.15) is 6.42 Å². The van der Waals surface area contributed by atoms with Gasteiger partial charge in [0.05, 0.1) is 18.4 Å². The van der Waals surface area contributed by atoms with Gasteiger partial charge in [-0.2, -0.15) is 0 Å². The van der Waals surface area contributed by atoms with Crippen LogP contribution in [0.4, 0.5) is 0 Å². The molecule has 1 aromatic carbocycles. The van der Waals surface area contributed by atoms with E-state index in [4.69, 9.17) is 16.3 Å². The summed E-state index contributed by atoms with van der Waals surface area (Å²) in [4.78, 5) is 30.9. The Labute approximate surface area is 198 Å². The summed E-state index contributed by atoms with van der Waals surface area (Å²) in [7, 11) is 1.67. The van der Waals surface area contributed by atoms with Crippen LogP contribution >= 0.6 is 35.6 Å². The van der Waals surface area contributed by atoms with Crippen molar-refractivity contribution in [3.05, 3.63) is 41.4 Å². The highest BCUT2D eigenvalue weighted by Gasteiger charge is 2.58. The Morgan fingerprint density at radius 2 is 1.83 bits per heavy atom. The Morgan fingerprint density at radius 1 is 1.17 bits per heavy atom. The van der Waals surface area contributed by atoms with E-state index in [0.717, 1.165) is 6.42 Å². The van der Waals surface area contributed by atoms with E-state index >= 15 is 0 Å². The molecule has 2 fully saturated rings. The van der Waals surface area contributed by atoms with Gasteiger partial charge in [0.25, 0.3) is 0 Å². The second-order valence-electron chi connectivity index (χ2n) is 7.56. The van der Waals surface area contributed by atoms with Crippen LogP contribution in [0.25, 0.3) is 0 Å². The smallest absolute Gasteiger partial charge is 0.233 e. The molecule has 2 bridgehead atoms. The maximum atomic E-state index is 12.7. The summed E-state index contributed by atoms with van der Waals surface area (Å²) < 4.78 is 5.63. The molecule has 0 radical (unpaired) electrons. The number of halogens is 2. The van der Waals surface area contributed by atoms with E-state index < -0.39 is 0 Å². The second kappa shape index (κ2) is 10.00. The van der Waals surface area contributed by atoms with Crippen LogP contribution in [0.2, 0.25) is 5.02 Å². The molecular weight excluding hydrogens is 519 g/mol. The largest absolute Gasteiger partial charge is 0.492 e. The standard InChI is InChI=1S/C21H25ClN4O3.HI/c1-23-21(25-8-10-29-16-4-2-3-15(22)12-16)24-7-9-26-19(27)17-13-5-6-14(11-13)18(17)20(26)28;/h2-6,12-14,17-18H,7-11H2,1H3,(H2,23,24,25);1H. The number of allylic oxidation sites excluding steroid dienone is 2. The van der Waals surface area contributed by atoms with Crippen molar-refractivity contribution in [2.45, 2.75) is 6.42 Å². The predicted molar refractivity (Wildman–Crippen MR) is 126 cm³/mol. The van der Waals surface area contributed by atoms with Crippen molar-refractivity contribution in [3.8, 4) is 5.75 Å². The molecule has 4 unspecified atom stereocenters. The van der Waals surface area contributed by atoms with E-state index in [9.17, 15) is 9.59 Å². The first-order chi connectivity index (χ1) is 14.1. The Bertz CT molecular complexity index is 832. The van der Waals surface area contributed by atoms with Crippen LogP contribution < -0.4 is 15.4 Å². The third-order valence-corrected chi connectivity index (χ3v) is 6.11. The zero-order valence-corrected chi connectivity index (χ0v) is 19.8. The van der Waals surface area contributed by atoms with Crippen LogP contribution in [0, 0.1) is 23.7 Å². The summed E-state index contributed by atoms with van der Waals surface area (Å²) in [6, 6.07) is 7.24. The Morgan fingerprint density at radius 3 is 2.47 bits per heavy atom. The van der Waals surface area contributed by atoms with Gasteiger partial charge in [-0.25, -0.2) is 0 Å². The van der Waals surface area contributed by atoms with E-state index in [1.54, 1.807) is 19.2 Å². The number of carbonyl (C=O) groups excluding carboxylic acids is 2. The molecule has 1 heterocycles. The molecule has 1 saturated carbocycles. The number of nitrogens with zero attached hydrogens (tertiary/aromatic N) is 2. The number of guanidine groups is 1. The average molecular weight is 545 g/mol. The molecule has 4 rings (SSSR count). The SMILES string of the molecule is CN=C(NCCOc1cccc(Cl)c1)NCCN1C(=O)C2C3C=CC(C3)C2C1=O.I. The Kier molecular flexibility index (Phi) is 7.62. The van der Waals surface area contributed by atoms with Gasteiger partial charge in [-0.15, -0.1) is 24.0 Å². The number of amides is 2. The van der Waals surface area contributed by atoms with Crippen LogP contribution in [0.5, 0.6) is 5.75 Å². The number of benzene rings is 1. The summed E-state index contributed by atoms with van der Waals surface area (Å²) in [5.74, 6) is 1.48. The maximum Gasteiger partial charge on any atom is 0.233 e. The van der Waals surface area contributed by atoms with E-state index in [0.29, 0.717) is 43.0 Å². The van der Waals surface area contributed by atoms with Gasteiger partial charge in [-0.05, 0) is 36.5 Å². The number of carbonyl (C=O) groups is 2. The zero-order valence-electron chi connectivity index (χ0n) is 16.7. The quantitative estimate of drug-likeness (QED) is 0.138. The minimum Gasteiger partial charge on any atom is -0.492 e. The van der Waals surface area contributed by atoms with Crippen molar-refractivity contribution in [3.63, 3.8) is 0 Å². The molecule has 1 aromatic rings. The lowest BCUT2D eigenvalue weighted by atomic mass is 9.85. The first-order valence-corrected chi connectivity index (χ1v) is 10.3. The predicted octanol–water partition coefficient (Wildman–Crippen LogP) is 2.31. The summed E-state index contributed by atoms with van der Waals surface area (Å²) >= 11 is 5.93. The first kappa shape index (κ1) is 22.9. The number of hydrogen-bond acceptors (Lipinski definition) is 4. The molecule has 4 atom stereocenters. The summed E-state index contributed by atoms with van der Waals surface area (Å²) in [5, 5.41) is 6.93. The fraction of sp³-hybridized carbons (Fsp3) is 0.476. The normalized spacial score (nSPS) is 26.6. The van der Waals surface area contributed by atoms with Gasteiger partial charge in [-0.3, -0.25) is 19.5 Å². The van der Waals surface area contributed by atoms with Crippen LogP contribution in [-0.4, -0.2) is 56.0 Å². The van der Waals surface area contributed by atoms with Crippen molar-refractivity contribution in [2.24, 2.45) is 28.7 Å². The van der Waals surface area contributed by atoms with Gasteiger partial charge in [0.15, 0.2) is 5.96 Å². The highest BCUT2D eigenvalue weighted by atomic mass is 127. The van der Waals surface area contributed by atoms with E-state index in [1.165, 1.54) is 4.90 Å². The van der Waals surface area contributed by atoms with Crippen LogP contribution in [0.3, 0.4) is 0 Å². The van der Waals surface area contributed by atoms with E-state index in [2.05, 4.69) is 27.8 Å². The minimum atomic E-state index is -0.140. The molecule has 0 spiro atoms. The molecule has 0 aromatic heterocycles. The number of nitrogens with one attached hydrogen (secondary N) is 2. The van der Waals surface area contributed by atoms with Crippen molar-refractivity contribution >= 4 is 53.4 Å². The topological polar surface area (TPSA) is 83.0 Å². The fourth-order valence-electron chi connectivity index (χ4n) is 4.59. The average Bonchev–Trinajstić information content (AvgIpc) is 3.39. The van der Waals surface area contributed by atoms with Crippen LogP contribution in [0.15, 0.2) is 41.4 Å². The molecule has 9 heteroatoms. The number of imide groups is 1. The highest BCUT2D eigenvalue weighted by Crippen LogP contribution is 2.52. The molecule has 7 nitrogen and oxygen atoms in total. The third kappa shape index (κ3) is 4.59. The lowest BCUT2D eigenvalue weighted by Gasteiger charge is -2.18. The minimum absolute atomic E-state index is 0. The number of hydrogen-bond donors (Lipinski definition) is 2. The van der Waals surface area contributed by atoms with Gasteiger partial charge in [-0.1, -0.05) is 29.8 Å². The van der Waals surface area contributed by atoms with Crippen LogP contribution in [-0.2, 0) is 9.59 Å². The summed E-state index contributed by atoms with van der Waals surface area (Å²) in [6.45, 7) is 1.80. The molecule has 30 heavy (non-hydrogen) atoms. The third-order valence-electron chi connectivity index (χ3n) is 5.87. The second-order valence-corrected chi connectivity index (χ2v) is 8.00. The van der Waals surface area contributed by atoms with Crippen molar-refractivity contribution in [2.75, 3.05) is 33.3 Å². The molecular formula is C21H26ClIN4O3. The zero-order chi connectivity index (χ0) is 20.4. The monoisotopic (exact) mass is 544 g/mol. The molecule has 2 aliphatic carbocycles. The first-order valence-electron chi connectivity index (χ1n) is 9.95. The summed E-state index contributed by atoms with van der Waals surface area (Å²) in [6.07, 6.45) is 5.17. The lowest BCUT2D eigenvalue weighted by molar-refractivity contribution is -0.140. The Hall–Kier alpha value is -1.81. The molecule has 3 aliphatic rings. The number of ether oxygens (including phenoxy) is 1. The highest BCUT2D eigenvalue weighted by molar-refractivity contribution is 14.0. The molecule has 2 amide bonds. The molecule has 2 N–H and O–H groups in total. The lowest BCUT2D eigenvalue weighted by Crippen LogP contribution is -2.44. The van der Waals surface area contributed by atoms with Gasteiger partial charge >= 0.3 is 0 Å². The number of aliphatic imine (C=N–C) groups is 1. The van der Waals surface area contributed by atoms with Crippen molar-refractivity contribution in [1.29, 1.82) is 0 Å². The fourth-order valence-corrected chi connectivity index (χ4v) is 4.77. The van der Waals surface area contributed by atoms with Gasteiger partial charge in [0.2, 0.25) is 11.8 Å². The number of likely N-dealkylation sites (tertiary alicyclic amines) is 1. The Balaban J connectivity index is 0.00000256. The molecule has 1 saturated heterocycles. The number of fused-ring (bicyclic) bond motifs is 5. The van der Waals surface area contributed by atoms with Crippen molar-refractivity contribution in [1.82, 2.24) is 15.5 Å². The number of rotatable bonds is 7. The van der Waals surface area contributed by atoms with Gasteiger partial charge in [0.1, 0.15) is 12.4 Å². The van der Waals surface area contributed by atoms with E-state index in [1.807, 2.05) is 12.1 Å². The molecule has 162 valence electrons. The molecule has 1 aliphatic heterocycles.